The smallest absolute Gasteiger partial charge is 0.363 e. The van der Waals surface area contributed by atoms with Crippen LogP contribution in [0, 0.1) is 0 Å². The highest BCUT2D eigenvalue weighted by atomic mass is 32.2. The van der Waals surface area contributed by atoms with E-state index in [1.54, 1.807) is 0 Å². The first-order valence-corrected chi connectivity index (χ1v) is 8.85. The minimum Gasteiger partial charge on any atom is -0.363 e. The van der Waals surface area contributed by atoms with Gasteiger partial charge in [-0.05, 0) is 30.2 Å². The van der Waals surface area contributed by atoms with Gasteiger partial charge in [0.25, 0.3) is 5.91 Å². The third-order valence-electron chi connectivity index (χ3n) is 3.93. The van der Waals surface area contributed by atoms with Crippen molar-refractivity contribution in [3.63, 3.8) is 0 Å². The Hall–Kier alpha value is -2.53. The number of alkyl halides is 3. The van der Waals surface area contributed by atoms with Crippen LogP contribution in [0.15, 0.2) is 35.4 Å². The van der Waals surface area contributed by atoms with Crippen LogP contribution in [-0.4, -0.2) is 35.1 Å². The number of hydrogen-bond acceptors (Lipinski definition) is 5. The molecule has 7 nitrogen and oxygen atoms in total. The van der Waals surface area contributed by atoms with E-state index in [-0.39, 0.29) is 25.3 Å². The average Bonchev–Trinajstić information content (AvgIpc) is 2.60. The predicted octanol–water partition coefficient (Wildman–Crippen LogP) is 1.34. The van der Waals surface area contributed by atoms with E-state index in [2.05, 4.69) is 9.97 Å². The van der Waals surface area contributed by atoms with Crippen LogP contribution < -0.4 is 5.73 Å². The van der Waals surface area contributed by atoms with Gasteiger partial charge in [-0.3, -0.25) is 4.79 Å². The van der Waals surface area contributed by atoms with Crippen molar-refractivity contribution in [1.29, 1.82) is 0 Å². The Kier molecular flexibility index (Phi) is 4.44. The Labute approximate surface area is 146 Å². The molecule has 1 amide bonds. The van der Waals surface area contributed by atoms with Crippen LogP contribution in [0.4, 0.5) is 13.2 Å². The summed E-state index contributed by atoms with van der Waals surface area (Å²) in [6, 6.07) is 3.55. The molecule has 138 valence electrons. The van der Waals surface area contributed by atoms with Crippen LogP contribution in [0.5, 0.6) is 0 Å². The minimum absolute atomic E-state index is 0.0604. The molecule has 1 aliphatic heterocycles. The molecule has 3 rings (SSSR count). The van der Waals surface area contributed by atoms with Crippen molar-refractivity contribution in [1.82, 2.24) is 14.3 Å². The molecular formula is C15H13F3N4O3S. The van der Waals surface area contributed by atoms with Crippen molar-refractivity contribution in [3.05, 3.63) is 53.1 Å². The SMILES string of the molecule is NC(=O)c1ncc2c(n1)CN(S(=O)(=O)c1cccc(C(F)(F)F)c1)CC2. The van der Waals surface area contributed by atoms with Gasteiger partial charge >= 0.3 is 6.18 Å². The van der Waals surface area contributed by atoms with Crippen LogP contribution in [0.25, 0.3) is 0 Å². The summed E-state index contributed by atoms with van der Waals surface area (Å²) < 4.78 is 65.0. The fourth-order valence-electron chi connectivity index (χ4n) is 2.58. The number of nitrogens with zero attached hydrogens (tertiary/aromatic N) is 3. The van der Waals surface area contributed by atoms with E-state index < -0.39 is 32.6 Å². The van der Waals surface area contributed by atoms with Gasteiger partial charge in [0, 0.05) is 12.7 Å². The largest absolute Gasteiger partial charge is 0.416 e. The molecule has 11 heteroatoms. The molecule has 1 aliphatic rings. The number of aromatic nitrogens is 2. The van der Waals surface area contributed by atoms with E-state index in [9.17, 15) is 26.4 Å². The molecule has 2 aromatic rings. The highest BCUT2D eigenvalue weighted by molar-refractivity contribution is 7.89. The molecule has 1 aromatic heterocycles. The quantitative estimate of drug-likeness (QED) is 0.857. The van der Waals surface area contributed by atoms with Gasteiger partial charge in [-0.2, -0.15) is 17.5 Å². The zero-order valence-corrected chi connectivity index (χ0v) is 14.0. The number of rotatable bonds is 3. The highest BCUT2D eigenvalue weighted by Gasteiger charge is 2.34. The lowest BCUT2D eigenvalue weighted by atomic mass is 10.1. The minimum atomic E-state index is -4.65. The number of fused-ring (bicyclic) bond motifs is 1. The molecule has 0 saturated carbocycles. The second-order valence-corrected chi connectivity index (χ2v) is 7.58. The standard InChI is InChI=1S/C15H13F3N4O3S/c16-15(17,18)10-2-1-3-11(6-10)26(24,25)22-5-4-9-7-20-14(13(19)23)21-12(9)8-22/h1-3,6-7H,4-5,8H2,(H2,19,23). The van der Waals surface area contributed by atoms with E-state index in [0.717, 1.165) is 22.5 Å². The lowest BCUT2D eigenvalue weighted by molar-refractivity contribution is -0.137. The van der Waals surface area contributed by atoms with Gasteiger partial charge in [0.1, 0.15) is 0 Å². The molecule has 26 heavy (non-hydrogen) atoms. The third-order valence-corrected chi connectivity index (χ3v) is 5.77. The molecule has 0 aliphatic carbocycles. The van der Waals surface area contributed by atoms with Gasteiger partial charge in [-0.1, -0.05) is 6.07 Å². The van der Waals surface area contributed by atoms with Gasteiger partial charge in [0.05, 0.1) is 22.7 Å². The molecule has 2 heterocycles. The lowest BCUT2D eigenvalue weighted by Gasteiger charge is -2.27. The van der Waals surface area contributed by atoms with Crippen molar-refractivity contribution in [2.75, 3.05) is 6.54 Å². The normalized spacial score (nSPS) is 15.5. The Morgan fingerprint density at radius 1 is 1.27 bits per heavy atom. The topological polar surface area (TPSA) is 106 Å². The number of carbonyl (C=O) groups is 1. The summed E-state index contributed by atoms with van der Waals surface area (Å²) >= 11 is 0. The molecule has 1 aromatic carbocycles. The summed E-state index contributed by atoms with van der Waals surface area (Å²) in [4.78, 5) is 18.5. The zero-order chi connectivity index (χ0) is 19.1. The number of carbonyl (C=O) groups excluding carboxylic acids is 1. The van der Waals surface area contributed by atoms with E-state index in [0.29, 0.717) is 17.3 Å². The summed E-state index contributed by atoms with van der Waals surface area (Å²) in [7, 11) is -4.16. The molecule has 0 radical (unpaired) electrons. The van der Waals surface area contributed by atoms with E-state index >= 15 is 0 Å². The van der Waals surface area contributed by atoms with Crippen LogP contribution in [0.2, 0.25) is 0 Å². The van der Waals surface area contributed by atoms with Crippen LogP contribution >= 0.6 is 0 Å². The first-order chi connectivity index (χ1) is 12.1. The molecule has 0 unspecified atom stereocenters. The van der Waals surface area contributed by atoms with Gasteiger partial charge in [-0.25, -0.2) is 18.4 Å². The summed E-state index contributed by atoms with van der Waals surface area (Å²) in [5.41, 5.74) is 5.03. The number of primary amides is 1. The highest BCUT2D eigenvalue weighted by Crippen LogP contribution is 2.32. The number of benzene rings is 1. The van der Waals surface area contributed by atoms with Gasteiger partial charge in [-0.15, -0.1) is 0 Å². The van der Waals surface area contributed by atoms with Crippen LogP contribution in [0.1, 0.15) is 27.4 Å². The summed E-state index contributed by atoms with van der Waals surface area (Å²) in [6.07, 6.45) is -2.98. The maximum absolute atomic E-state index is 12.8. The summed E-state index contributed by atoms with van der Waals surface area (Å²) in [6.45, 7) is -0.123. The molecule has 0 spiro atoms. The lowest BCUT2D eigenvalue weighted by Crippen LogP contribution is -2.37. The maximum Gasteiger partial charge on any atom is 0.416 e. The van der Waals surface area contributed by atoms with Crippen molar-refractivity contribution >= 4 is 15.9 Å². The Morgan fingerprint density at radius 3 is 2.65 bits per heavy atom. The van der Waals surface area contributed by atoms with Crippen molar-refractivity contribution in [2.45, 2.75) is 24.0 Å². The van der Waals surface area contributed by atoms with Gasteiger partial charge < -0.3 is 5.73 Å². The molecule has 2 N–H and O–H groups in total. The van der Waals surface area contributed by atoms with Crippen molar-refractivity contribution in [3.8, 4) is 0 Å². The van der Waals surface area contributed by atoms with Crippen LogP contribution in [-0.2, 0) is 29.2 Å². The number of amides is 1. The number of nitrogens with two attached hydrogens (primary N) is 1. The zero-order valence-electron chi connectivity index (χ0n) is 13.2. The second-order valence-electron chi connectivity index (χ2n) is 5.64. The molecule has 0 bridgehead atoms. The van der Waals surface area contributed by atoms with Crippen LogP contribution in [0.3, 0.4) is 0 Å². The molecule has 0 saturated heterocycles. The fraction of sp³-hybridized carbons (Fsp3) is 0.267. The molecule has 0 fully saturated rings. The van der Waals surface area contributed by atoms with Crippen molar-refractivity contribution in [2.24, 2.45) is 5.73 Å². The maximum atomic E-state index is 12.8. The number of halogens is 3. The van der Waals surface area contributed by atoms with Gasteiger partial charge in [0.15, 0.2) is 0 Å². The summed E-state index contributed by atoms with van der Waals surface area (Å²) in [5, 5.41) is 0. The summed E-state index contributed by atoms with van der Waals surface area (Å²) in [5.74, 6) is -1.10. The monoisotopic (exact) mass is 386 g/mol. The Morgan fingerprint density at radius 2 is 2.00 bits per heavy atom. The molecular weight excluding hydrogens is 373 g/mol. The predicted molar refractivity (Wildman–Crippen MR) is 83.3 cm³/mol. The van der Waals surface area contributed by atoms with E-state index in [1.807, 2.05) is 0 Å². The number of sulfonamides is 1. The number of hydrogen-bond donors (Lipinski definition) is 1. The average molecular weight is 386 g/mol. The third kappa shape index (κ3) is 3.40. The van der Waals surface area contributed by atoms with E-state index in [1.165, 1.54) is 6.20 Å². The van der Waals surface area contributed by atoms with Crippen molar-refractivity contribution < 1.29 is 26.4 Å². The van der Waals surface area contributed by atoms with E-state index in [4.69, 9.17) is 5.73 Å². The Bertz CT molecular complexity index is 976. The first kappa shape index (κ1) is 18.3. The second kappa shape index (κ2) is 6.32. The fourth-order valence-corrected chi connectivity index (χ4v) is 4.03. The van der Waals surface area contributed by atoms with Gasteiger partial charge in [0.2, 0.25) is 15.8 Å². The first-order valence-electron chi connectivity index (χ1n) is 7.41. The Balaban J connectivity index is 1.94. The molecule has 0 atom stereocenters.